The molecular formula is C19H25FN2O3S. The first-order chi connectivity index (χ1) is 12.5. The Morgan fingerprint density at radius 3 is 2.73 bits per heavy atom. The molecule has 5 nitrogen and oxygen atoms in total. The predicted octanol–water partition coefficient (Wildman–Crippen LogP) is 2.46. The molecule has 2 aliphatic heterocycles. The molecule has 1 aromatic carbocycles. The highest BCUT2D eigenvalue weighted by molar-refractivity contribution is 7.99. The van der Waals surface area contributed by atoms with Crippen molar-refractivity contribution in [2.24, 2.45) is 0 Å². The molecule has 2 saturated heterocycles. The number of benzene rings is 1. The smallest absolute Gasteiger partial charge is 0.254 e. The van der Waals surface area contributed by atoms with Gasteiger partial charge < -0.3 is 15.0 Å². The van der Waals surface area contributed by atoms with Gasteiger partial charge in [0.15, 0.2) is 0 Å². The van der Waals surface area contributed by atoms with E-state index in [1.54, 1.807) is 23.9 Å². The second-order valence-corrected chi connectivity index (χ2v) is 7.83. The van der Waals surface area contributed by atoms with Gasteiger partial charge in [-0.05, 0) is 44.1 Å². The highest BCUT2D eigenvalue weighted by atomic mass is 32.2. The fourth-order valence-corrected chi connectivity index (χ4v) is 4.16. The number of thioether (sulfide) groups is 1. The molecule has 3 rings (SSSR count). The lowest BCUT2D eigenvalue weighted by atomic mass is 9.88. The molecule has 2 heterocycles. The topological polar surface area (TPSA) is 58.6 Å². The predicted molar refractivity (Wildman–Crippen MR) is 99.8 cm³/mol. The first kappa shape index (κ1) is 19.2. The third-order valence-electron chi connectivity index (χ3n) is 5.24. The lowest BCUT2D eigenvalue weighted by Gasteiger charge is -2.39. The van der Waals surface area contributed by atoms with Crippen molar-refractivity contribution >= 4 is 23.6 Å². The number of hydrogen-bond donors (Lipinski definition) is 1. The van der Waals surface area contributed by atoms with Crippen LogP contribution in [0.4, 0.5) is 4.39 Å². The molecule has 0 radical (unpaired) electrons. The minimum Gasteiger partial charge on any atom is -0.370 e. The van der Waals surface area contributed by atoms with Crippen LogP contribution in [-0.4, -0.2) is 60.1 Å². The summed E-state index contributed by atoms with van der Waals surface area (Å²) in [6.45, 7) is 1.84. The molecule has 0 unspecified atom stereocenters. The molecule has 26 heavy (non-hydrogen) atoms. The van der Waals surface area contributed by atoms with Gasteiger partial charge in [-0.15, -0.1) is 0 Å². The van der Waals surface area contributed by atoms with Crippen LogP contribution in [0.2, 0.25) is 0 Å². The van der Waals surface area contributed by atoms with Crippen LogP contribution in [-0.2, 0) is 9.53 Å². The third-order valence-corrected chi connectivity index (χ3v) is 5.78. The Hall–Kier alpha value is -1.60. The largest absolute Gasteiger partial charge is 0.370 e. The lowest BCUT2D eigenvalue weighted by Crippen LogP contribution is -2.47. The number of piperidine rings is 1. The quantitative estimate of drug-likeness (QED) is 0.853. The SMILES string of the molecule is CSCC(=O)N1CCC2(CC[C@@H](CNC(=O)c3ccccc3F)O2)CC1. The average molecular weight is 380 g/mol. The number of amides is 2. The molecule has 0 aromatic heterocycles. The summed E-state index contributed by atoms with van der Waals surface area (Å²) >= 11 is 1.55. The van der Waals surface area contributed by atoms with Crippen molar-refractivity contribution < 1.29 is 18.7 Å². The van der Waals surface area contributed by atoms with Crippen molar-refractivity contribution in [3.8, 4) is 0 Å². The van der Waals surface area contributed by atoms with Crippen LogP contribution in [0, 0.1) is 5.82 Å². The molecule has 0 aliphatic carbocycles. The number of nitrogens with one attached hydrogen (secondary N) is 1. The first-order valence-electron chi connectivity index (χ1n) is 9.00. The van der Waals surface area contributed by atoms with Crippen LogP contribution in [0.1, 0.15) is 36.0 Å². The number of carbonyl (C=O) groups excluding carboxylic acids is 2. The van der Waals surface area contributed by atoms with Crippen LogP contribution in [0.3, 0.4) is 0 Å². The maximum atomic E-state index is 13.7. The van der Waals surface area contributed by atoms with E-state index in [4.69, 9.17) is 4.74 Å². The average Bonchev–Trinajstić information content (AvgIpc) is 3.03. The Kier molecular flexibility index (Phi) is 6.19. The second-order valence-electron chi connectivity index (χ2n) is 6.97. The van der Waals surface area contributed by atoms with E-state index in [9.17, 15) is 14.0 Å². The molecule has 1 spiro atoms. The van der Waals surface area contributed by atoms with E-state index in [0.717, 1.165) is 38.8 Å². The van der Waals surface area contributed by atoms with Crippen molar-refractivity contribution in [3.05, 3.63) is 35.6 Å². The highest BCUT2D eigenvalue weighted by Gasteiger charge is 2.43. The van der Waals surface area contributed by atoms with Gasteiger partial charge in [0, 0.05) is 19.6 Å². The van der Waals surface area contributed by atoms with Crippen LogP contribution in [0.25, 0.3) is 0 Å². The molecule has 0 saturated carbocycles. The summed E-state index contributed by atoms with van der Waals surface area (Å²) in [5, 5.41) is 2.78. The summed E-state index contributed by atoms with van der Waals surface area (Å²) < 4.78 is 19.9. The monoisotopic (exact) mass is 380 g/mol. The maximum absolute atomic E-state index is 13.7. The molecule has 2 aliphatic rings. The van der Waals surface area contributed by atoms with E-state index >= 15 is 0 Å². The third kappa shape index (κ3) is 4.38. The Labute approximate surface area is 157 Å². The number of hydrogen-bond acceptors (Lipinski definition) is 4. The number of rotatable bonds is 5. The first-order valence-corrected chi connectivity index (χ1v) is 10.4. The fraction of sp³-hybridized carbons (Fsp3) is 0.579. The Morgan fingerprint density at radius 2 is 2.04 bits per heavy atom. The van der Waals surface area contributed by atoms with Crippen LogP contribution in [0.15, 0.2) is 24.3 Å². The lowest BCUT2D eigenvalue weighted by molar-refractivity contribution is -0.134. The number of likely N-dealkylation sites (tertiary alicyclic amines) is 1. The zero-order chi connectivity index (χ0) is 18.6. The van der Waals surface area contributed by atoms with E-state index in [0.29, 0.717) is 12.3 Å². The molecule has 2 fully saturated rings. The number of nitrogens with zero attached hydrogens (tertiary/aromatic N) is 1. The van der Waals surface area contributed by atoms with E-state index in [1.165, 1.54) is 12.1 Å². The summed E-state index contributed by atoms with van der Waals surface area (Å²) in [7, 11) is 0. The minimum atomic E-state index is -0.518. The van der Waals surface area contributed by atoms with Gasteiger partial charge in [0.1, 0.15) is 5.82 Å². The molecule has 142 valence electrons. The zero-order valence-corrected chi connectivity index (χ0v) is 15.8. The van der Waals surface area contributed by atoms with E-state index in [-0.39, 0.29) is 23.2 Å². The van der Waals surface area contributed by atoms with Crippen LogP contribution in [0.5, 0.6) is 0 Å². The van der Waals surface area contributed by atoms with E-state index in [2.05, 4.69) is 5.32 Å². The van der Waals surface area contributed by atoms with Crippen molar-refractivity contribution in [3.63, 3.8) is 0 Å². The Morgan fingerprint density at radius 1 is 1.31 bits per heavy atom. The van der Waals surface area contributed by atoms with E-state index < -0.39 is 11.7 Å². The van der Waals surface area contributed by atoms with Gasteiger partial charge in [-0.3, -0.25) is 9.59 Å². The molecule has 7 heteroatoms. The number of halogens is 1. The normalized spacial score (nSPS) is 21.8. The molecular weight excluding hydrogens is 355 g/mol. The number of ether oxygens (including phenoxy) is 1. The summed E-state index contributed by atoms with van der Waals surface area (Å²) in [6.07, 6.45) is 5.37. The summed E-state index contributed by atoms with van der Waals surface area (Å²) in [5.41, 5.74) is -0.121. The highest BCUT2D eigenvalue weighted by Crippen LogP contribution is 2.38. The Balaban J connectivity index is 1.47. The molecule has 1 N–H and O–H groups in total. The second kappa shape index (κ2) is 8.39. The van der Waals surface area contributed by atoms with Gasteiger partial charge in [0.25, 0.3) is 5.91 Å². The Bertz CT molecular complexity index is 662. The molecule has 1 aromatic rings. The fourth-order valence-electron chi connectivity index (χ4n) is 3.73. The van der Waals surface area contributed by atoms with Gasteiger partial charge in [-0.2, -0.15) is 11.8 Å². The van der Waals surface area contributed by atoms with Crippen LogP contribution < -0.4 is 5.32 Å². The standard InChI is InChI=1S/C19H25FN2O3S/c1-26-13-17(23)22-10-8-19(9-11-22)7-6-14(25-19)12-21-18(24)15-4-2-3-5-16(15)20/h2-5,14H,6-13H2,1H3,(H,21,24)/t14-/m0/s1. The van der Waals surface area contributed by atoms with Gasteiger partial charge >= 0.3 is 0 Å². The van der Waals surface area contributed by atoms with Gasteiger partial charge in [0.2, 0.25) is 5.91 Å². The molecule has 1 atom stereocenters. The van der Waals surface area contributed by atoms with Crippen molar-refractivity contribution in [1.82, 2.24) is 10.2 Å². The maximum Gasteiger partial charge on any atom is 0.254 e. The van der Waals surface area contributed by atoms with Crippen molar-refractivity contribution in [1.29, 1.82) is 0 Å². The van der Waals surface area contributed by atoms with Gasteiger partial charge in [0.05, 0.1) is 23.0 Å². The summed E-state index contributed by atoms with van der Waals surface area (Å²) in [4.78, 5) is 26.0. The van der Waals surface area contributed by atoms with Crippen molar-refractivity contribution in [2.45, 2.75) is 37.4 Å². The van der Waals surface area contributed by atoms with Gasteiger partial charge in [-0.1, -0.05) is 12.1 Å². The zero-order valence-electron chi connectivity index (χ0n) is 15.0. The van der Waals surface area contributed by atoms with Gasteiger partial charge in [-0.25, -0.2) is 4.39 Å². The number of carbonyl (C=O) groups is 2. The summed E-state index contributed by atoms with van der Waals surface area (Å²) in [5.74, 6) is -0.210. The molecule has 0 bridgehead atoms. The minimum absolute atomic E-state index is 0.0563. The van der Waals surface area contributed by atoms with Crippen LogP contribution >= 0.6 is 11.8 Å². The van der Waals surface area contributed by atoms with Crippen molar-refractivity contribution in [2.75, 3.05) is 31.6 Å². The summed E-state index contributed by atoms with van der Waals surface area (Å²) in [6, 6.07) is 5.96. The van der Waals surface area contributed by atoms with E-state index in [1.807, 2.05) is 11.2 Å². The molecule has 2 amide bonds.